The molecule has 1 fully saturated rings. The van der Waals surface area contributed by atoms with E-state index in [1.807, 2.05) is 31.2 Å². The maximum Gasteiger partial charge on any atom is 0.221 e. The average molecular weight is 337 g/mol. The lowest BCUT2D eigenvalue weighted by Crippen LogP contribution is -2.05. The zero-order chi connectivity index (χ0) is 17.1. The highest BCUT2D eigenvalue weighted by molar-refractivity contribution is 7.13. The summed E-state index contributed by atoms with van der Waals surface area (Å²) in [4.78, 5) is 16.9. The minimum Gasteiger partial charge on any atom is -0.326 e. The molecule has 4 nitrogen and oxygen atoms in total. The second-order valence-electron chi connectivity index (χ2n) is 5.98. The Morgan fingerprint density at radius 1 is 1.25 bits per heavy atom. The van der Waals surface area contributed by atoms with Crippen LogP contribution in [0.5, 0.6) is 0 Å². The van der Waals surface area contributed by atoms with Crippen LogP contribution >= 0.6 is 11.3 Å². The number of hydrogen-bond acceptors (Lipinski definition) is 4. The van der Waals surface area contributed by atoms with Crippen molar-refractivity contribution in [2.24, 2.45) is 0 Å². The van der Waals surface area contributed by atoms with Gasteiger partial charge in [-0.3, -0.25) is 4.79 Å². The van der Waals surface area contributed by atoms with Crippen LogP contribution in [0.1, 0.15) is 42.5 Å². The molecular formula is C19H19N3OS. The molecule has 24 heavy (non-hydrogen) atoms. The Morgan fingerprint density at radius 2 is 1.92 bits per heavy atom. The number of allylic oxidation sites excluding steroid dienone is 2. The number of hydrogen-bond donors (Lipinski definition) is 1. The summed E-state index contributed by atoms with van der Waals surface area (Å²) in [5.74, 6) is -0.0864. The van der Waals surface area contributed by atoms with Crippen LogP contribution in [0.25, 0.3) is 16.8 Å². The fourth-order valence-electron chi connectivity index (χ4n) is 3.02. The molecule has 0 radical (unpaired) electrons. The molecule has 0 atom stereocenters. The summed E-state index contributed by atoms with van der Waals surface area (Å²) in [6.07, 6.45) is 4.37. The third-order valence-corrected chi connectivity index (χ3v) is 5.15. The minimum atomic E-state index is -0.0864. The maximum atomic E-state index is 11.1. The molecule has 1 aliphatic carbocycles. The predicted octanol–water partition coefficient (Wildman–Crippen LogP) is 4.93. The number of carbonyl (C=O) groups excluding carboxylic acids is 1. The van der Waals surface area contributed by atoms with Gasteiger partial charge in [0.05, 0.1) is 11.3 Å². The van der Waals surface area contributed by atoms with Crippen LogP contribution in [0.15, 0.2) is 29.8 Å². The molecule has 0 aliphatic heterocycles. The van der Waals surface area contributed by atoms with Crippen molar-refractivity contribution in [2.45, 2.75) is 39.5 Å². The summed E-state index contributed by atoms with van der Waals surface area (Å²) in [6, 6.07) is 10.0. The Labute approximate surface area is 145 Å². The number of thiazole rings is 1. The third kappa shape index (κ3) is 3.39. The smallest absolute Gasteiger partial charge is 0.221 e. The van der Waals surface area contributed by atoms with Gasteiger partial charge in [0.2, 0.25) is 5.91 Å². The summed E-state index contributed by atoms with van der Waals surface area (Å²) >= 11 is 1.58. The minimum absolute atomic E-state index is 0.0864. The van der Waals surface area contributed by atoms with E-state index in [0.29, 0.717) is 0 Å². The van der Waals surface area contributed by atoms with Crippen LogP contribution < -0.4 is 5.32 Å². The number of aryl methyl sites for hydroxylation is 1. The van der Waals surface area contributed by atoms with Crippen LogP contribution in [-0.2, 0) is 4.79 Å². The van der Waals surface area contributed by atoms with Gasteiger partial charge >= 0.3 is 0 Å². The second kappa shape index (κ2) is 6.98. The van der Waals surface area contributed by atoms with Crippen molar-refractivity contribution >= 4 is 28.5 Å². The predicted molar refractivity (Wildman–Crippen MR) is 97.6 cm³/mol. The van der Waals surface area contributed by atoms with Crippen molar-refractivity contribution in [3.05, 3.63) is 39.7 Å². The monoisotopic (exact) mass is 337 g/mol. The zero-order valence-corrected chi connectivity index (χ0v) is 14.7. The van der Waals surface area contributed by atoms with Crippen molar-refractivity contribution in [3.8, 4) is 17.3 Å². The Bertz CT molecular complexity index is 832. The normalized spacial score (nSPS) is 13.6. The standard InChI is InChI=1S/C19H19N3OS/c1-12-18(15-7-9-16(10-8-15)21-13(2)23)22-19(24-12)17(11-20)14-5-3-4-6-14/h7-10H,3-6H2,1-2H3,(H,21,23). The van der Waals surface area contributed by atoms with Gasteiger partial charge in [-0.25, -0.2) is 4.98 Å². The molecule has 1 aromatic heterocycles. The van der Waals surface area contributed by atoms with Crippen LogP contribution in [0.2, 0.25) is 0 Å². The number of rotatable bonds is 3. The van der Waals surface area contributed by atoms with Gasteiger partial charge in [0.1, 0.15) is 11.1 Å². The van der Waals surface area contributed by atoms with E-state index < -0.39 is 0 Å². The maximum absolute atomic E-state index is 11.1. The molecule has 0 bridgehead atoms. The summed E-state index contributed by atoms with van der Waals surface area (Å²) in [5, 5.41) is 13.1. The molecule has 0 saturated heterocycles. The van der Waals surface area contributed by atoms with Gasteiger partial charge in [-0.15, -0.1) is 11.3 Å². The van der Waals surface area contributed by atoms with Crippen LogP contribution in [-0.4, -0.2) is 10.9 Å². The van der Waals surface area contributed by atoms with Gasteiger partial charge < -0.3 is 5.32 Å². The van der Waals surface area contributed by atoms with E-state index in [1.54, 1.807) is 11.3 Å². The first-order valence-electron chi connectivity index (χ1n) is 8.06. The first-order chi connectivity index (χ1) is 11.6. The molecule has 0 unspecified atom stereocenters. The Balaban J connectivity index is 1.93. The fourth-order valence-corrected chi connectivity index (χ4v) is 3.99. The molecule has 1 aliphatic rings. The molecule has 3 rings (SSSR count). The number of amides is 1. The van der Waals surface area contributed by atoms with Crippen molar-refractivity contribution in [3.63, 3.8) is 0 Å². The molecule has 122 valence electrons. The quantitative estimate of drug-likeness (QED) is 0.808. The summed E-state index contributed by atoms with van der Waals surface area (Å²) < 4.78 is 0. The SMILES string of the molecule is CC(=O)Nc1ccc(-c2nc(C(C#N)=C3CCCC3)sc2C)cc1. The Hall–Kier alpha value is -2.45. The topological polar surface area (TPSA) is 65.8 Å². The first-order valence-corrected chi connectivity index (χ1v) is 8.88. The second-order valence-corrected chi connectivity index (χ2v) is 7.18. The van der Waals surface area contributed by atoms with Gasteiger partial charge in [-0.1, -0.05) is 12.1 Å². The number of benzene rings is 1. The lowest BCUT2D eigenvalue weighted by Gasteiger charge is -2.03. The number of anilines is 1. The Morgan fingerprint density at radius 3 is 2.50 bits per heavy atom. The van der Waals surface area contributed by atoms with E-state index in [1.165, 1.54) is 25.3 Å². The summed E-state index contributed by atoms with van der Waals surface area (Å²) in [5.41, 5.74) is 4.69. The Kier molecular flexibility index (Phi) is 4.77. The van der Waals surface area contributed by atoms with E-state index in [2.05, 4.69) is 11.4 Å². The van der Waals surface area contributed by atoms with Gasteiger partial charge in [0, 0.05) is 23.1 Å². The number of nitriles is 1. The van der Waals surface area contributed by atoms with Crippen LogP contribution in [0.3, 0.4) is 0 Å². The average Bonchev–Trinajstić information content (AvgIpc) is 3.19. The molecular weight excluding hydrogens is 318 g/mol. The lowest BCUT2D eigenvalue weighted by molar-refractivity contribution is -0.114. The molecule has 1 saturated carbocycles. The van der Waals surface area contributed by atoms with Crippen molar-refractivity contribution < 1.29 is 4.79 Å². The number of nitrogens with zero attached hydrogens (tertiary/aromatic N) is 2. The molecule has 1 heterocycles. The van der Waals surface area contributed by atoms with E-state index in [-0.39, 0.29) is 5.91 Å². The van der Waals surface area contributed by atoms with Gasteiger partial charge in [0.25, 0.3) is 0 Å². The number of carbonyl (C=O) groups is 1. The van der Waals surface area contributed by atoms with Crippen molar-refractivity contribution in [1.29, 1.82) is 5.26 Å². The van der Waals surface area contributed by atoms with Crippen molar-refractivity contribution in [2.75, 3.05) is 5.32 Å². The van der Waals surface area contributed by atoms with E-state index in [4.69, 9.17) is 4.98 Å². The van der Waals surface area contributed by atoms with E-state index in [9.17, 15) is 10.1 Å². The number of aromatic nitrogens is 1. The first kappa shape index (κ1) is 16.4. The third-order valence-electron chi connectivity index (χ3n) is 4.16. The zero-order valence-electron chi connectivity index (χ0n) is 13.8. The summed E-state index contributed by atoms with van der Waals surface area (Å²) in [6.45, 7) is 3.53. The molecule has 1 aromatic carbocycles. The van der Waals surface area contributed by atoms with E-state index in [0.717, 1.165) is 45.2 Å². The highest BCUT2D eigenvalue weighted by Crippen LogP contribution is 2.36. The fraction of sp³-hybridized carbons (Fsp3) is 0.316. The number of nitrogens with one attached hydrogen (secondary N) is 1. The van der Waals surface area contributed by atoms with E-state index >= 15 is 0 Å². The lowest BCUT2D eigenvalue weighted by atomic mass is 10.1. The molecule has 2 aromatic rings. The van der Waals surface area contributed by atoms with Crippen LogP contribution in [0, 0.1) is 18.3 Å². The van der Waals surface area contributed by atoms with Crippen molar-refractivity contribution in [1.82, 2.24) is 4.98 Å². The molecule has 1 N–H and O–H groups in total. The molecule has 0 spiro atoms. The summed E-state index contributed by atoms with van der Waals surface area (Å²) in [7, 11) is 0. The van der Waals surface area contributed by atoms with Crippen LogP contribution in [0.4, 0.5) is 5.69 Å². The largest absolute Gasteiger partial charge is 0.326 e. The highest BCUT2D eigenvalue weighted by atomic mass is 32.1. The van der Waals surface area contributed by atoms with Gasteiger partial charge in [0.15, 0.2) is 0 Å². The highest BCUT2D eigenvalue weighted by Gasteiger charge is 2.18. The molecule has 1 amide bonds. The van der Waals surface area contributed by atoms with Gasteiger partial charge in [-0.05, 0) is 50.3 Å². The van der Waals surface area contributed by atoms with Gasteiger partial charge in [-0.2, -0.15) is 5.26 Å². The molecule has 5 heteroatoms.